The fourth-order valence-corrected chi connectivity index (χ4v) is 1.98. The van der Waals surface area contributed by atoms with Crippen LogP contribution in [-0.2, 0) is 0 Å². The third-order valence-electron chi connectivity index (χ3n) is 2.94. The Morgan fingerprint density at radius 3 is 3.00 bits per heavy atom. The molecule has 2 heterocycles. The summed E-state index contributed by atoms with van der Waals surface area (Å²) in [6.45, 7) is 3.09. The van der Waals surface area contributed by atoms with Crippen LogP contribution in [0.1, 0.15) is 30.2 Å². The summed E-state index contributed by atoms with van der Waals surface area (Å²) in [6.07, 6.45) is 3.90. The summed E-state index contributed by atoms with van der Waals surface area (Å²) in [4.78, 5) is 0. The molecule has 0 spiro atoms. The molecule has 0 aromatic carbocycles. The quantitative estimate of drug-likeness (QED) is 0.741. The van der Waals surface area contributed by atoms with Gasteiger partial charge in [0.05, 0.1) is 6.20 Å². The van der Waals surface area contributed by atoms with Gasteiger partial charge in [-0.1, -0.05) is 5.16 Å². The summed E-state index contributed by atoms with van der Waals surface area (Å²) in [5, 5.41) is 16.2. The Hall–Kier alpha value is -0.870. The number of aryl methyl sites for hydroxylation is 1. The highest BCUT2D eigenvalue weighted by molar-refractivity contribution is 5.17. The lowest BCUT2D eigenvalue weighted by Gasteiger charge is -2.28. The average molecular weight is 196 g/mol. The van der Waals surface area contributed by atoms with E-state index in [2.05, 4.69) is 10.5 Å². The van der Waals surface area contributed by atoms with Gasteiger partial charge in [-0.2, -0.15) is 0 Å². The predicted octanol–water partition coefficient (Wildman–Crippen LogP) is 1.02. The molecule has 2 unspecified atom stereocenters. The lowest BCUT2D eigenvalue weighted by molar-refractivity contribution is 0.183. The van der Waals surface area contributed by atoms with E-state index in [0.717, 1.165) is 30.7 Å². The SMILES string of the molecule is Cc1oncc1C1CCC(CO)CN1. The van der Waals surface area contributed by atoms with Crippen LogP contribution in [0.2, 0.25) is 0 Å². The van der Waals surface area contributed by atoms with Crippen molar-refractivity contribution in [3.8, 4) is 0 Å². The minimum atomic E-state index is 0.280. The molecule has 1 aliphatic rings. The lowest BCUT2D eigenvalue weighted by atomic mass is 9.92. The third kappa shape index (κ3) is 1.81. The van der Waals surface area contributed by atoms with Gasteiger partial charge in [-0.25, -0.2) is 0 Å². The summed E-state index contributed by atoms with van der Waals surface area (Å²) >= 11 is 0. The summed E-state index contributed by atoms with van der Waals surface area (Å²) < 4.78 is 5.03. The Labute approximate surface area is 83.3 Å². The number of rotatable bonds is 2. The molecule has 4 heteroatoms. The normalized spacial score (nSPS) is 27.9. The highest BCUT2D eigenvalue weighted by Gasteiger charge is 2.23. The van der Waals surface area contributed by atoms with Crippen molar-refractivity contribution in [1.29, 1.82) is 0 Å². The third-order valence-corrected chi connectivity index (χ3v) is 2.94. The van der Waals surface area contributed by atoms with E-state index in [-0.39, 0.29) is 6.61 Å². The molecule has 2 atom stereocenters. The molecule has 0 bridgehead atoms. The van der Waals surface area contributed by atoms with E-state index in [4.69, 9.17) is 9.63 Å². The number of aliphatic hydroxyl groups is 1. The fourth-order valence-electron chi connectivity index (χ4n) is 1.98. The molecule has 2 N–H and O–H groups in total. The molecule has 1 saturated heterocycles. The Morgan fingerprint density at radius 2 is 2.50 bits per heavy atom. The van der Waals surface area contributed by atoms with Crippen LogP contribution >= 0.6 is 0 Å². The van der Waals surface area contributed by atoms with Gasteiger partial charge in [0.2, 0.25) is 0 Å². The zero-order valence-corrected chi connectivity index (χ0v) is 8.36. The molecule has 0 radical (unpaired) electrons. The monoisotopic (exact) mass is 196 g/mol. The van der Waals surface area contributed by atoms with Crippen LogP contribution < -0.4 is 5.32 Å². The first kappa shape index (κ1) is 9.68. The number of aliphatic hydroxyl groups excluding tert-OH is 1. The highest BCUT2D eigenvalue weighted by Crippen LogP contribution is 2.27. The van der Waals surface area contributed by atoms with Gasteiger partial charge in [-0.05, 0) is 25.7 Å². The van der Waals surface area contributed by atoms with E-state index >= 15 is 0 Å². The minimum Gasteiger partial charge on any atom is -0.396 e. The molecule has 0 aliphatic carbocycles. The maximum Gasteiger partial charge on any atom is 0.138 e. The second-order valence-electron chi connectivity index (χ2n) is 3.92. The smallest absolute Gasteiger partial charge is 0.138 e. The molecule has 14 heavy (non-hydrogen) atoms. The number of piperidine rings is 1. The number of nitrogens with zero attached hydrogens (tertiary/aromatic N) is 1. The summed E-state index contributed by atoms with van der Waals surface area (Å²) in [7, 11) is 0. The van der Waals surface area contributed by atoms with Gasteiger partial charge in [0, 0.05) is 24.8 Å². The van der Waals surface area contributed by atoms with Crippen molar-refractivity contribution in [2.24, 2.45) is 5.92 Å². The van der Waals surface area contributed by atoms with Crippen LogP contribution in [0.5, 0.6) is 0 Å². The second-order valence-corrected chi connectivity index (χ2v) is 3.92. The van der Waals surface area contributed by atoms with Crippen molar-refractivity contribution in [1.82, 2.24) is 10.5 Å². The number of nitrogens with one attached hydrogen (secondary N) is 1. The molecule has 4 nitrogen and oxygen atoms in total. The highest BCUT2D eigenvalue weighted by atomic mass is 16.5. The molecule has 78 valence electrons. The molecular formula is C10H16N2O2. The van der Waals surface area contributed by atoms with Gasteiger partial charge in [0.15, 0.2) is 0 Å². The Balaban J connectivity index is 1.99. The Morgan fingerprint density at radius 1 is 1.64 bits per heavy atom. The van der Waals surface area contributed by atoms with Gasteiger partial charge in [-0.3, -0.25) is 0 Å². The molecule has 1 aromatic rings. The molecule has 2 rings (SSSR count). The maximum absolute atomic E-state index is 8.99. The first-order valence-corrected chi connectivity index (χ1v) is 5.06. The minimum absolute atomic E-state index is 0.280. The van der Waals surface area contributed by atoms with Crippen molar-refractivity contribution in [2.45, 2.75) is 25.8 Å². The van der Waals surface area contributed by atoms with E-state index in [9.17, 15) is 0 Å². The van der Waals surface area contributed by atoms with Gasteiger partial charge in [0.1, 0.15) is 5.76 Å². The van der Waals surface area contributed by atoms with E-state index < -0.39 is 0 Å². The van der Waals surface area contributed by atoms with E-state index in [1.54, 1.807) is 6.20 Å². The molecular weight excluding hydrogens is 180 g/mol. The van der Waals surface area contributed by atoms with Crippen molar-refractivity contribution < 1.29 is 9.63 Å². The van der Waals surface area contributed by atoms with Crippen molar-refractivity contribution >= 4 is 0 Å². The molecule has 1 aromatic heterocycles. The molecule has 1 fully saturated rings. The zero-order chi connectivity index (χ0) is 9.97. The van der Waals surface area contributed by atoms with Crippen LogP contribution in [0.15, 0.2) is 10.7 Å². The van der Waals surface area contributed by atoms with Crippen LogP contribution in [0.25, 0.3) is 0 Å². The van der Waals surface area contributed by atoms with Gasteiger partial charge in [-0.15, -0.1) is 0 Å². The zero-order valence-electron chi connectivity index (χ0n) is 8.36. The molecule has 0 saturated carbocycles. The van der Waals surface area contributed by atoms with Crippen molar-refractivity contribution in [3.63, 3.8) is 0 Å². The molecule has 1 aliphatic heterocycles. The topological polar surface area (TPSA) is 58.3 Å². The standard InChI is InChI=1S/C10H16N2O2/c1-7-9(5-12-14-7)10-3-2-8(6-13)4-11-10/h5,8,10-11,13H,2-4,6H2,1H3. The maximum atomic E-state index is 8.99. The Kier molecular flexibility index (Phi) is 2.84. The van der Waals surface area contributed by atoms with E-state index in [0.29, 0.717) is 12.0 Å². The summed E-state index contributed by atoms with van der Waals surface area (Å²) in [5.74, 6) is 1.30. The van der Waals surface area contributed by atoms with Gasteiger partial charge in [0.25, 0.3) is 0 Å². The van der Waals surface area contributed by atoms with Crippen LogP contribution in [-0.4, -0.2) is 23.4 Å². The summed E-state index contributed by atoms with van der Waals surface area (Å²) in [6, 6.07) is 0.351. The van der Waals surface area contributed by atoms with Crippen LogP contribution in [0, 0.1) is 12.8 Å². The van der Waals surface area contributed by atoms with E-state index in [1.165, 1.54) is 0 Å². The van der Waals surface area contributed by atoms with Gasteiger partial charge >= 0.3 is 0 Å². The predicted molar refractivity (Wildman–Crippen MR) is 51.8 cm³/mol. The van der Waals surface area contributed by atoms with Crippen molar-refractivity contribution in [2.75, 3.05) is 13.2 Å². The van der Waals surface area contributed by atoms with Crippen LogP contribution in [0.3, 0.4) is 0 Å². The Bertz CT molecular complexity index is 290. The number of hydrogen-bond acceptors (Lipinski definition) is 4. The lowest BCUT2D eigenvalue weighted by Crippen LogP contribution is -2.34. The second kappa shape index (κ2) is 4.11. The average Bonchev–Trinajstić information content (AvgIpc) is 2.65. The number of hydrogen-bond donors (Lipinski definition) is 2. The first-order chi connectivity index (χ1) is 6.81. The van der Waals surface area contributed by atoms with Crippen molar-refractivity contribution in [3.05, 3.63) is 17.5 Å². The molecule has 0 amide bonds. The van der Waals surface area contributed by atoms with E-state index in [1.807, 2.05) is 6.92 Å². The van der Waals surface area contributed by atoms with Gasteiger partial charge < -0.3 is 14.9 Å². The number of aromatic nitrogens is 1. The first-order valence-electron chi connectivity index (χ1n) is 5.06. The largest absolute Gasteiger partial charge is 0.396 e. The van der Waals surface area contributed by atoms with Crippen LogP contribution in [0.4, 0.5) is 0 Å². The summed E-state index contributed by atoms with van der Waals surface area (Å²) in [5.41, 5.74) is 1.15. The fraction of sp³-hybridized carbons (Fsp3) is 0.700.